The molecule has 5 rings (SSSR count). The van der Waals surface area contributed by atoms with Crippen LogP contribution in [0.2, 0.25) is 0 Å². The molecule has 6 nitrogen and oxygen atoms in total. The molecule has 30 heavy (non-hydrogen) atoms. The van der Waals surface area contributed by atoms with Gasteiger partial charge in [0, 0.05) is 32.2 Å². The van der Waals surface area contributed by atoms with Crippen molar-refractivity contribution < 1.29 is 19.1 Å². The molecule has 160 valence electrons. The summed E-state index contributed by atoms with van der Waals surface area (Å²) in [4.78, 5) is 15.3. The number of piperidine rings is 1. The molecule has 0 unspecified atom stereocenters. The summed E-state index contributed by atoms with van der Waals surface area (Å²) in [6, 6.07) is 10.1. The van der Waals surface area contributed by atoms with Gasteiger partial charge >= 0.3 is 0 Å². The third-order valence-electron chi connectivity index (χ3n) is 6.60. The highest BCUT2D eigenvalue weighted by atomic mass is 16.5. The van der Waals surface area contributed by atoms with Crippen LogP contribution in [0.1, 0.15) is 72.2 Å². The molecule has 3 aliphatic rings. The summed E-state index contributed by atoms with van der Waals surface area (Å²) in [6.07, 6.45) is 5.59. The number of aliphatic hydroxyl groups is 1. The summed E-state index contributed by atoms with van der Waals surface area (Å²) >= 11 is 0. The van der Waals surface area contributed by atoms with Crippen LogP contribution in [-0.2, 0) is 4.74 Å². The smallest absolute Gasteiger partial charge is 0.291 e. The molecule has 3 fully saturated rings. The molecular formula is C24H30N2O4. The molecule has 1 aliphatic carbocycles. The molecule has 2 saturated heterocycles. The van der Waals surface area contributed by atoms with Gasteiger partial charge in [-0.1, -0.05) is 6.07 Å². The Hall–Kier alpha value is -2.31. The lowest BCUT2D eigenvalue weighted by atomic mass is 9.98. The Morgan fingerprint density at radius 1 is 0.967 bits per heavy atom. The number of nitrogens with zero attached hydrogens (tertiary/aromatic N) is 1. The summed E-state index contributed by atoms with van der Waals surface area (Å²) in [5, 5.41) is 13.0. The van der Waals surface area contributed by atoms with Gasteiger partial charge in [0.1, 0.15) is 5.76 Å². The van der Waals surface area contributed by atoms with E-state index in [2.05, 4.69) is 28.4 Å². The maximum Gasteiger partial charge on any atom is 0.291 e. The number of ether oxygens (including phenoxy) is 1. The Morgan fingerprint density at radius 2 is 1.73 bits per heavy atom. The van der Waals surface area contributed by atoms with Crippen molar-refractivity contribution in [3.8, 4) is 0 Å². The SMILES string of the molecule is O=C(Nc1cc(C2CC2)ccc1N1CCC(O)CC1)c1ccc(C2CCOCC2)o1. The lowest BCUT2D eigenvalue weighted by Crippen LogP contribution is -2.36. The summed E-state index contributed by atoms with van der Waals surface area (Å²) in [5.41, 5.74) is 3.15. The van der Waals surface area contributed by atoms with Crippen molar-refractivity contribution in [3.05, 3.63) is 47.4 Å². The molecule has 1 amide bonds. The van der Waals surface area contributed by atoms with Crippen molar-refractivity contribution in [1.29, 1.82) is 0 Å². The van der Waals surface area contributed by atoms with Crippen LogP contribution in [0.3, 0.4) is 0 Å². The van der Waals surface area contributed by atoms with Crippen LogP contribution < -0.4 is 10.2 Å². The fourth-order valence-electron chi connectivity index (χ4n) is 4.57. The second-order valence-electron chi connectivity index (χ2n) is 8.81. The van der Waals surface area contributed by atoms with Crippen molar-refractivity contribution in [3.63, 3.8) is 0 Å². The predicted octanol–water partition coefficient (Wildman–Crippen LogP) is 4.26. The average molecular weight is 411 g/mol. The zero-order valence-electron chi connectivity index (χ0n) is 17.3. The summed E-state index contributed by atoms with van der Waals surface area (Å²) < 4.78 is 11.4. The largest absolute Gasteiger partial charge is 0.456 e. The van der Waals surface area contributed by atoms with Gasteiger partial charge in [-0.15, -0.1) is 0 Å². The van der Waals surface area contributed by atoms with E-state index < -0.39 is 0 Å². The number of aliphatic hydroxyl groups excluding tert-OH is 1. The van der Waals surface area contributed by atoms with Crippen LogP contribution in [-0.4, -0.2) is 43.4 Å². The van der Waals surface area contributed by atoms with Crippen molar-refractivity contribution in [1.82, 2.24) is 0 Å². The highest BCUT2D eigenvalue weighted by Gasteiger charge is 2.27. The van der Waals surface area contributed by atoms with Gasteiger partial charge in [-0.25, -0.2) is 0 Å². The Bertz CT molecular complexity index is 890. The first-order chi connectivity index (χ1) is 14.7. The molecule has 0 radical (unpaired) electrons. The van der Waals surface area contributed by atoms with Crippen molar-refractivity contribution >= 4 is 17.3 Å². The molecular weight excluding hydrogens is 380 g/mol. The first-order valence-corrected chi connectivity index (χ1v) is 11.2. The maximum atomic E-state index is 13.0. The molecule has 1 saturated carbocycles. The number of benzene rings is 1. The van der Waals surface area contributed by atoms with Gasteiger partial charge in [0.05, 0.1) is 17.5 Å². The highest BCUT2D eigenvalue weighted by molar-refractivity contribution is 6.04. The van der Waals surface area contributed by atoms with Crippen LogP contribution in [0.5, 0.6) is 0 Å². The lowest BCUT2D eigenvalue weighted by Gasteiger charge is -2.33. The molecule has 1 aromatic heterocycles. The molecule has 0 bridgehead atoms. The maximum absolute atomic E-state index is 13.0. The molecule has 0 atom stereocenters. The third-order valence-corrected chi connectivity index (χ3v) is 6.60. The minimum atomic E-state index is -0.225. The number of hydrogen-bond acceptors (Lipinski definition) is 5. The lowest BCUT2D eigenvalue weighted by molar-refractivity contribution is 0.0799. The minimum Gasteiger partial charge on any atom is -0.456 e. The van der Waals surface area contributed by atoms with Crippen LogP contribution in [0.15, 0.2) is 34.7 Å². The standard InChI is InChI=1S/C24H30N2O4/c27-19-7-11-26(12-8-19)21-4-3-18(16-1-2-16)15-20(21)25-24(28)23-6-5-22(30-23)17-9-13-29-14-10-17/h3-6,15-17,19,27H,1-2,7-14H2,(H,25,28). The number of carbonyl (C=O) groups excluding carboxylic acids is 1. The Morgan fingerprint density at radius 3 is 2.47 bits per heavy atom. The Balaban J connectivity index is 1.35. The number of carbonyl (C=O) groups is 1. The van der Waals surface area contributed by atoms with Gasteiger partial charge in [0.2, 0.25) is 0 Å². The van der Waals surface area contributed by atoms with E-state index >= 15 is 0 Å². The molecule has 6 heteroatoms. The van der Waals surface area contributed by atoms with Gasteiger partial charge in [-0.2, -0.15) is 0 Å². The second-order valence-corrected chi connectivity index (χ2v) is 8.81. The quantitative estimate of drug-likeness (QED) is 0.770. The van der Waals surface area contributed by atoms with Gasteiger partial charge in [0.15, 0.2) is 5.76 Å². The summed E-state index contributed by atoms with van der Waals surface area (Å²) in [6.45, 7) is 3.08. The van der Waals surface area contributed by atoms with E-state index in [1.165, 1.54) is 18.4 Å². The van der Waals surface area contributed by atoms with E-state index in [0.717, 1.165) is 69.1 Å². The first kappa shape index (κ1) is 19.6. The molecule has 1 aromatic carbocycles. The number of nitrogens with one attached hydrogen (secondary N) is 1. The predicted molar refractivity (Wildman–Crippen MR) is 115 cm³/mol. The fraction of sp³-hybridized carbons (Fsp3) is 0.542. The van der Waals surface area contributed by atoms with Crippen molar-refractivity contribution in [2.45, 2.75) is 56.5 Å². The third kappa shape index (κ3) is 4.25. The van der Waals surface area contributed by atoms with Crippen molar-refractivity contribution in [2.75, 3.05) is 36.5 Å². The summed E-state index contributed by atoms with van der Waals surface area (Å²) in [5.74, 6) is 1.96. The summed E-state index contributed by atoms with van der Waals surface area (Å²) in [7, 11) is 0. The molecule has 2 aromatic rings. The van der Waals surface area contributed by atoms with Crippen LogP contribution in [0.25, 0.3) is 0 Å². The molecule has 0 spiro atoms. The number of amides is 1. The van der Waals surface area contributed by atoms with E-state index in [1.807, 2.05) is 6.07 Å². The number of hydrogen-bond donors (Lipinski definition) is 2. The zero-order chi connectivity index (χ0) is 20.5. The van der Waals surface area contributed by atoms with E-state index in [1.54, 1.807) is 6.07 Å². The van der Waals surface area contributed by atoms with E-state index in [0.29, 0.717) is 17.6 Å². The number of rotatable bonds is 5. The minimum absolute atomic E-state index is 0.209. The van der Waals surface area contributed by atoms with E-state index in [-0.39, 0.29) is 12.0 Å². The highest BCUT2D eigenvalue weighted by Crippen LogP contribution is 2.43. The van der Waals surface area contributed by atoms with E-state index in [4.69, 9.17) is 9.15 Å². The Labute approximate surface area is 177 Å². The average Bonchev–Trinajstić information content (AvgIpc) is 3.51. The van der Waals surface area contributed by atoms with Crippen LogP contribution in [0, 0.1) is 0 Å². The van der Waals surface area contributed by atoms with E-state index in [9.17, 15) is 9.90 Å². The van der Waals surface area contributed by atoms with Crippen molar-refractivity contribution in [2.24, 2.45) is 0 Å². The zero-order valence-corrected chi connectivity index (χ0v) is 17.3. The first-order valence-electron chi connectivity index (χ1n) is 11.2. The van der Waals surface area contributed by atoms with Gasteiger partial charge < -0.3 is 24.5 Å². The normalized spacial score (nSPS) is 21.0. The van der Waals surface area contributed by atoms with Gasteiger partial charge in [0.25, 0.3) is 5.91 Å². The fourth-order valence-corrected chi connectivity index (χ4v) is 4.57. The van der Waals surface area contributed by atoms with Gasteiger partial charge in [-0.3, -0.25) is 4.79 Å². The van der Waals surface area contributed by atoms with Crippen LogP contribution >= 0.6 is 0 Å². The van der Waals surface area contributed by atoms with Gasteiger partial charge in [-0.05, 0) is 74.3 Å². The second kappa shape index (κ2) is 8.44. The van der Waals surface area contributed by atoms with Crippen LogP contribution in [0.4, 0.5) is 11.4 Å². The molecule has 2 aliphatic heterocycles. The molecule has 3 heterocycles. The monoisotopic (exact) mass is 410 g/mol. The molecule has 2 N–H and O–H groups in total. The Kier molecular flexibility index (Phi) is 5.52. The number of furan rings is 1. The topological polar surface area (TPSA) is 74.9 Å². The number of anilines is 2.